The highest BCUT2D eigenvalue weighted by Crippen LogP contribution is 2.11. The van der Waals surface area contributed by atoms with E-state index in [0.29, 0.717) is 18.5 Å². The summed E-state index contributed by atoms with van der Waals surface area (Å²) in [4.78, 5) is 29.7. The van der Waals surface area contributed by atoms with Gasteiger partial charge in [0.1, 0.15) is 0 Å². The number of aliphatic imine (C=N–C) groups is 1. The number of rotatable bonds is 8. The number of primary amides is 1. The van der Waals surface area contributed by atoms with Gasteiger partial charge in [0.15, 0.2) is 5.96 Å². The number of carbonyl (C=O) groups is 2. The molecule has 0 unspecified atom stereocenters. The Hall–Kier alpha value is -2.57. The first-order valence-electron chi connectivity index (χ1n) is 9.79. The second-order valence-corrected chi connectivity index (χ2v) is 6.73. The molecule has 0 atom stereocenters. The minimum atomic E-state index is -0.428. The quantitative estimate of drug-likeness (QED) is 0.366. The third-order valence-corrected chi connectivity index (χ3v) is 4.57. The van der Waals surface area contributed by atoms with Crippen molar-refractivity contribution in [2.24, 2.45) is 10.7 Å². The van der Waals surface area contributed by atoms with E-state index in [4.69, 9.17) is 5.73 Å². The van der Waals surface area contributed by atoms with Gasteiger partial charge >= 0.3 is 0 Å². The minimum Gasteiger partial charge on any atom is -0.366 e. The molecule has 0 aliphatic carbocycles. The van der Waals surface area contributed by atoms with Crippen LogP contribution in [0.2, 0.25) is 0 Å². The van der Waals surface area contributed by atoms with Crippen molar-refractivity contribution in [2.45, 2.75) is 45.6 Å². The molecule has 2 rings (SSSR count). The fourth-order valence-corrected chi connectivity index (χ4v) is 3.04. The Morgan fingerprint density at radius 3 is 2.67 bits per heavy atom. The van der Waals surface area contributed by atoms with Crippen molar-refractivity contribution in [3.05, 3.63) is 35.4 Å². The summed E-state index contributed by atoms with van der Waals surface area (Å²) in [6, 6.07) is 7.15. The van der Waals surface area contributed by atoms with Crippen molar-refractivity contribution in [3.63, 3.8) is 0 Å². The third-order valence-electron chi connectivity index (χ3n) is 4.57. The molecule has 1 aromatic carbocycles. The van der Waals surface area contributed by atoms with Crippen LogP contribution in [0.3, 0.4) is 0 Å². The van der Waals surface area contributed by atoms with Gasteiger partial charge in [0.25, 0.3) is 0 Å². The highest BCUT2D eigenvalue weighted by Gasteiger charge is 2.15. The smallest absolute Gasteiger partial charge is 0.248 e. The lowest BCUT2D eigenvalue weighted by Gasteiger charge is -2.20. The van der Waals surface area contributed by atoms with E-state index in [9.17, 15) is 9.59 Å². The Bertz CT molecular complexity index is 642. The predicted molar refractivity (Wildman–Crippen MR) is 107 cm³/mol. The topological polar surface area (TPSA) is 99.8 Å². The van der Waals surface area contributed by atoms with Gasteiger partial charge in [0, 0.05) is 38.2 Å². The standard InChI is InChI=1S/C20H31N5O2/c1-2-22-20(24-15-16-8-10-17(11-9-16)19(21)27)23-12-6-14-25-13-5-3-4-7-18(25)26/h8-11H,2-7,12-15H2,1H3,(H2,21,27)(H2,22,23,24). The van der Waals surface area contributed by atoms with Gasteiger partial charge < -0.3 is 21.3 Å². The highest BCUT2D eigenvalue weighted by atomic mass is 16.2. The molecular formula is C20H31N5O2. The SMILES string of the molecule is CCNC(=NCc1ccc(C(N)=O)cc1)NCCCN1CCCCCC1=O. The summed E-state index contributed by atoms with van der Waals surface area (Å²) in [6.07, 6.45) is 4.86. The number of benzene rings is 1. The zero-order valence-electron chi connectivity index (χ0n) is 16.2. The van der Waals surface area contributed by atoms with Crippen LogP contribution in [0.5, 0.6) is 0 Å². The van der Waals surface area contributed by atoms with Gasteiger partial charge in [-0.25, -0.2) is 4.99 Å². The Kier molecular flexibility index (Phi) is 8.61. The molecule has 7 heteroatoms. The monoisotopic (exact) mass is 373 g/mol. The molecule has 1 heterocycles. The fraction of sp³-hybridized carbons (Fsp3) is 0.550. The van der Waals surface area contributed by atoms with Crippen molar-refractivity contribution in [2.75, 3.05) is 26.2 Å². The molecule has 1 fully saturated rings. The third kappa shape index (κ3) is 7.29. The maximum absolute atomic E-state index is 12.0. The Morgan fingerprint density at radius 2 is 1.96 bits per heavy atom. The Labute approximate surface area is 161 Å². The Morgan fingerprint density at radius 1 is 1.19 bits per heavy atom. The largest absolute Gasteiger partial charge is 0.366 e. The highest BCUT2D eigenvalue weighted by molar-refractivity contribution is 5.92. The molecule has 7 nitrogen and oxygen atoms in total. The average Bonchev–Trinajstić information content (AvgIpc) is 2.87. The summed E-state index contributed by atoms with van der Waals surface area (Å²) in [5.41, 5.74) is 6.76. The van der Waals surface area contributed by atoms with Gasteiger partial charge in [-0.05, 0) is 43.9 Å². The molecule has 0 saturated carbocycles. The van der Waals surface area contributed by atoms with Crippen LogP contribution in [0.25, 0.3) is 0 Å². The maximum Gasteiger partial charge on any atom is 0.248 e. The second kappa shape index (κ2) is 11.2. The molecule has 148 valence electrons. The van der Waals surface area contributed by atoms with Gasteiger partial charge in [-0.2, -0.15) is 0 Å². The minimum absolute atomic E-state index is 0.285. The lowest BCUT2D eigenvalue weighted by molar-refractivity contribution is -0.130. The molecule has 0 spiro atoms. The van der Waals surface area contributed by atoms with Crippen molar-refractivity contribution in [1.82, 2.24) is 15.5 Å². The summed E-state index contributed by atoms with van der Waals surface area (Å²) >= 11 is 0. The number of hydrogen-bond acceptors (Lipinski definition) is 3. The van der Waals surface area contributed by atoms with Crippen molar-refractivity contribution in [1.29, 1.82) is 0 Å². The summed E-state index contributed by atoms with van der Waals surface area (Å²) in [5.74, 6) is 0.606. The van der Waals surface area contributed by atoms with Crippen LogP contribution >= 0.6 is 0 Å². The molecule has 4 N–H and O–H groups in total. The number of amides is 2. The van der Waals surface area contributed by atoms with Gasteiger partial charge in [0.05, 0.1) is 6.54 Å². The van der Waals surface area contributed by atoms with Crippen LogP contribution in [-0.4, -0.2) is 48.9 Å². The van der Waals surface area contributed by atoms with Gasteiger partial charge in [-0.15, -0.1) is 0 Å². The molecule has 1 aromatic rings. The molecule has 1 aliphatic heterocycles. The molecule has 1 saturated heterocycles. The van der Waals surface area contributed by atoms with E-state index in [-0.39, 0.29) is 5.91 Å². The molecule has 0 bridgehead atoms. The first-order valence-corrected chi connectivity index (χ1v) is 9.79. The first-order chi connectivity index (χ1) is 13.1. The van der Waals surface area contributed by atoms with Crippen molar-refractivity contribution < 1.29 is 9.59 Å². The van der Waals surface area contributed by atoms with E-state index < -0.39 is 5.91 Å². The molecule has 0 radical (unpaired) electrons. The number of hydrogen-bond donors (Lipinski definition) is 3. The number of nitrogens with two attached hydrogens (primary N) is 1. The molecule has 27 heavy (non-hydrogen) atoms. The van der Waals surface area contributed by atoms with Crippen LogP contribution in [-0.2, 0) is 11.3 Å². The van der Waals surface area contributed by atoms with Gasteiger partial charge in [-0.1, -0.05) is 18.6 Å². The summed E-state index contributed by atoms with van der Waals surface area (Å²) < 4.78 is 0. The summed E-state index contributed by atoms with van der Waals surface area (Å²) in [6.45, 7) is 5.75. The van der Waals surface area contributed by atoms with Crippen molar-refractivity contribution in [3.8, 4) is 0 Å². The zero-order valence-corrected chi connectivity index (χ0v) is 16.2. The van der Waals surface area contributed by atoms with Crippen LogP contribution < -0.4 is 16.4 Å². The number of guanidine groups is 1. The normalized spacial score (nSPS) is 15.4. The number of carbonyl (C=O) groups excluding carboxylic acids is 2. The maximum atomic E-state index is 12.0. The van der Waals surface area contributed by atoms with E-state index in [0.717, 1.165) is 63.4 Å². The van der Waals surface area contributed by atoms with E-state index >= 15 is 0 Å². The lowest BCUT2D eigenvalue weighted by atomic mass is 10.1. The van der Waals surface area contributed by atoms with E-state index in [1.165, 1.54) is 0 Å². The lowest BCUT2D eigenvalue weighted by Crippen LogP contribution is -2.39. The number of nitrogens with one attached hydrogen (secondary N) is 2. The zero-order chi connectivity index (χ0) is 19.5. The van der Waals surface area contributed by atoms with Crippen LogP contribution in [0, 0.1) is 0 Å². The van der Waals surface area contributed by atoms with Gasteiger partial charge in [-0.3, -0.25) is 9.59 Å². The van der Waals surface area contributed by atoms with Crippen LogP contribution in [0.1, 0.15) is 54.9 Å². The van der Waals surface area contributed by atoms with Gasteiger partial charge in [0.2, 0.25) is 11.8 Å². The molecule has 2 amide bonds. The fourth-order valence-electron chi connectivity index (χ4n) is 3.04. The van der Waals surface area contributed by atoms with Crippen LogP contribution in [0.15, 0.2) is 29.3 Å². The van der Waals surface area contributed by atoms with E-state index in [2.05, 4.69) is 15.6 Å². The second-order valence-electron chi connectivity index (χ2n) is 6.73. The average molecular weight is 374 g/mol. The molecular weight excluding hydrogens is 342 g/mol. The number of nitrogens with zero attached hydrogens (tertiary/aromatic N) is 2. The van der Waals surface area contributed by atoms with E-state index in [1.807, 2.05) is 24.0 Å². The number of likely N-dealkylation sites (tertiary alicyclic amines) is 1. The summed E-state index contributed by atoms with van der Waals surface area (Å²) in [7, 11) is 0. The van der Waals surface area contributed by atoms with E-state index in [1.54, 1.807) is 12.1 Å². The summed E-state index contributed by atoms with van der Waals surface area (Å²) in [5, 5.41) is 6.54. The first kappa shape index (κ1) is 20.7. The molecule has 1 aliphatic rings. The molecule has 0 aromatic heterocycles. The Balaban J connectivity index is 1.79. The predicted octanol–water partition coefficient (Wildman–Crippen LogP) is 1.63. The van der Waals surface area contributed by atoms with Crippen molar-refractivity contribution >= 4 is 17.8 Å². The van der Waals surface area contributed by atoms with Crippen LogP contribution in [0.4, 0.5) is 0 Å².